The Morgan fingerprint density at radius 1 is 1.50 bits per heavy atom. The van der Waals surface area contributed by atoms with Crippen molar-refractivity contribution in [3.63, 3.8) is 0 Å². The fourth-order valence-electron chi connectivity index (χ4n) is 1.65. The first-order valence-corrected chi connectivity index (χ1v) is 6.92. The zero-order valence-corrected chi connectivity index (χ0v) is 12.3. The molecule has 0 saturated carbocycles. The molecular formula is C13H16N2O4S. The lowest BCUT2D eigenvalue weighted by atomic mass is 10.1. The Kier molecular flexibility index (Phi) is 4.20. The van der Waals surface area contributed by atoms with E-state index in [0.29, 0.717) is 5.16 Å². The van der Waals surface area contributed by atoms with Gasteiger partial charge in [0.15, 0.2) is 10.8 Å². The van der Waals surface area contributed by atoms with Gasteiger partial charge in [-0.3, -0.25) is 0 Å². The lowest BCUT2D eigenvalue weighted by Gasteiger charge is -2.18. The maximum atomic E-state index is 11.4. The van der Waals surface area contributed by atoms with Gasteiger partial charge < -0.3 is 19.6 Å². The summed E-state index contributed by atoms with van der Waals surface area (Å²) in [4.78, 5) is 18.9. The van der Waals surface area contributed by atoms with Crippen LogP contribution in [0.25, 0.3) is 11.0 Å². The molecule has 2 rings (SSSR count). The number of hydrogen-bond donors (Lipinski definition) is 2. The number of aromatic nitrogens is 2. The van der Waals surface area contributed by atoms with Gasteiger partial charge in [0.1, 0.15) is 5.75 Å². The first kappa shape index (κ1) is 14.7. The predicted octanol–water partition coefficient (Wildman–Crippen LogP) is 1.59. The van der Waals surface area contributed by atoms with Gasteiger partial charge in [-0.1, -0.05) is 11.8 Å². The predicted molar refractivity (Wildman–Crippen MR) is 76.0 cm³/mol. The molecule has 1 aromatic heterocycles. The number of aromatic amines is 1. The minimum Gasteiger partial charge on any atom is -0.497 e. The number of nitrogens with one attached hydrogen (secondary N) is 1. The van der Waals surface area contributed by atoms with E-state index in [0.717, 1.165) is 16.8 Å². The van der Waals surface area contributed by atoms with E-state index in [1.54, 1.807) is 7.11 Å². The number of benzene rings is 1. The molecule has 6 nitrogen and oxygen atoms in total. The Morgan fingerprint density at radius 2 is 2.25 bits per heavy atom. The molecule has 0 aliphatic heterocycles. The summed E-state index contributed by atoms with van der Waals surface area (Å²) in [5.74, 6) is 0.221. The number of imidazole rings is 1. The molecule has 7 heteroatoms. The molecule has 0 amide bonds. The molecule has 2 aromatic rings. The third-order valence-corrected chi connectivity index (χ3v) is 3.96. The number of methoxy groups -OCH3 is 2. The minimum absolute atomic E-state index is 0.149. The van der Waals surface area contributed by atoms with Crippen molar-refractivity contribution in [3.8, 4) is 5.75 Å². The van der Waals surface area contributed by atoms with E-state index < -0.39 is 11.6 Å². The van der Waals surface area contributed by atoms with Crippen LogP contribution in [0.4, 0.5) is 0 Å². The van der Waals surface area contributed by atoms with E-state index in [9.17, 15) is 9.90 Å². The van der Waals surface area contributed by atoms with E-state index in [1.165, 1.54) is 25.8 Å². The topological polar surface area (TPSA) is 84.4 Å². The van der Waals surface area contributed by atoms with Crippen LogP contribution in [0.3, 0.4) is 0 Å². The van der Waals surface area contributed by atoms with Crippen LogP contribution in [0.5, 0.6) is 5.75 Å². The molecule has 0 saturated heterocycles. The van der Waals surface area contributed by atoms with Crippen LogP contribution in [-0.4, -0.2) is 46.6 Å². The normalized spacial score (nSPS) is 14.0. The third-order valence-electron chi connectivity index (χ3n) is 2.78. The molecule has 2 N–H and O–H groups in total. The number of aliphatic hydroxyl groups is 1. The Labute approximate surface area is 120 Å². The quantitative estimate of drug-likeness (QED) is 0.644. The van der Waals surface area contributed by atoms with Crippen LogP contribution in [-0.2, 0) is 9.53 Å². The summed E-state index contributed by atoms with van der Waals surface area (Å²) in [6.07, 6.45) is 0. The maximum Gasteiger partial charge on any atom is 0.338 e. The highest BCUT2D eigenvalue weighted by molar-refractivity contribution is 7.99. The number of ether oxygens (including phenoxy) is 2. The largest absolute Gasteiger partial charge is 0.497 e. The van der Waals surface area contributed by atoms with Gasteiger partial charge >= 0.3 is 5.97 Å². The Hall–Kier alpha value is -1.73. The third kappa shape index (κ3) is 3.05. The van der Waals surface area contributed by atoms with Gasteiger partial charge in [-0.15, -0.1) is 0 Å². The van der Waals surface area contributed by atoms with Crippen molar-refractivity contribution in [2.24, 2.45) is 0 Å². The molecule has 0 spiro atoms. The van der Waals surface area contributed by atoms with Crippen molar-refractivity contribution in [2.75, 3.05) is 20.0 Å². The SMILES string of the molecule is COC(=O)C(C)(O)CSc1nc2ccc(OC)cc2[nH]1. The standard InChI is InChI=1S/C13H16N2O4S/c1-13(17,11(16)19-3)7-20-12-14-9-5-4-8(18-2)6-10(9)15-12/h4-6,17H,7H2,1-3H3,(H,14,15). The van der Waals surface area contributed by atoms with Gasteiger partial charge in [0.2, 0.25) is 0 Å². The number of thioether (sulfide) groups is 1. The summed E-state index contributed by atoms with van der Waals surface area (Å²) in [6, 6.07) is 5.50. The molecule has 0 fully saturated rings. The fraction of sp³-hybridized carbons (Fsp3) is 0.385. The van der Waals surface area contributed by atoms with Crippen molar-refractivity contribution >= 4 is 28.8 Å². The molecule has 0 bridgehead atoms. The number of carbonyl (C=O) groups excluding carboxylic acids is 1. The first-order valence-electron chi connectivity index (χ1n) is 5.93. The zero-order chi connectivity index (χ0) is 14.8. The van der Waals surface area contributed by atoms with E-state index in [-0.39, 0.29) is 5.75 Å². The number of carbonyl (C=O) groups is 1. The van der Waals surface area contributed by atoms with Crippen LogP contribution in [0, 0.1) is 0 Å². The summed E-state index contributed by atoms with van der Waals surface area (Å²) < 4.78 is 9.68. The highest BCUT2D eigenvalue weighted by Gasteiger charge is 2.31. The van der Waals surface area contributed by atoms with Crippen molar-refractivity contribution in [2.45, 2.75) is 17.7 Å². The smallest absolute Gasteiger partial charge is 0.338 e. The second-order valence-electron chi connectivity index (χ2n) is 4.48. The second kappa shape index (κ2) is 5.72. The van der Waals surface area contributed by atoms with E-state index in [2.05, 4.69) is 14.7 Å². The van der Waals surface area contributed by atoms with Crippen LogP contribution >= 0.6 is 11.8 Å². The number of H-pyrrole nitrogens is 1. The molecule has 0 radical (unpaired) electrons. The van der Waals surface area contributed by atoms with Crippen LogP contribution in [0.15, 0.2) is 23.4 Å². The highest BCUT2D eigenvalue weighted by atomic mass is 32.2. The molecule has 108 valence electrons. The Bertz CT molecular complexity index is 624. The molecule has 20 heavy (non-hydrogen) atoms. The van der Waals surface area contributed by atoms with Gasteiger partial charge in [-0.25, -0.2) is 9.78 Å². The van der Waals surface area contributed by atoms with Crippen molar-refractivity contribution in [1.29, 1.82) is 0 Å². The molecule has 1 heterocycles. The van der Waals surface area contributed by atoms with Crippen LogP contribution < -0.4 is 4.74 Å². The molecule has 1 unspecified atom stereocenters. The monoisotopic (exact) mass is 296 g/mol. The number of hydrogen-bond acceptors (Lipinski definition) is 6. The highest BCUT2D eigenvalue weighted by Crippen LogP contribution is 2.25. The second-order valence-corrected chi connectivity index (χ2v) is 5.44. The maximum absolute atomic E-state index is 11.4. The average Bonchev–Trinajstić information content (AvgIpc) is 2.86. The molecule has 1 atom stereocenters. The average molecular weight is 296 g/mol. The van der Waals surface area contributed by atoms with Crippen molar-refractivity contribution in [1.82, 2.24) is 9.97 Å². The summed E-state index contributed by atoms with van der Waals surface area (Å²) in [7, 11) is 2.84. The van der Waals surface area contributed by atoms with Gasteiger partial charge in [-0.05, 0) is 19.1 Å². The number of fused-ring (bicyclic) bond motifs is 1. The summed E-state index contributed by atoms with van der Waals surface area (Å²) >= 11 is 1.25. The van der Waals surface area contributed by atoms with Gasteiger partial charge in [-0.2, -0.15) is 0 Å². The Morgan fingerprint density at radius 3 is 2.90 bits per heavy atom. The summed E-state index contributed by atoms with van der Waals surface area (Å²) in [6.45, 7) is 1.41. The summed E-state index contributed by atoms with van der Waals surface area (Å²) in [5, 5.41) is 10.6. The van der Waals surface area contributed by atoms with Gasteiger partial charge in [0.25, 0.3) is 0 Å². The van der Waals surface area contributed by atoms with E-state index in [1.807, 2.05) is 18.2 Å². The van der Waals surface area contributed by atoms with Crippen molar-refractivity contribution in [3.05, 3.63) is 18.2 Å². The first-order chi connectivity index (χ1) is 9.46. The lowest BCUT2D eigenvalue weighted by molar-refractivity contribution is -0.158. The van der Waals surface area contributed by atoms with Crippen LogP contribution in [0.2, 0.25) is 0 Å². The summed E-state index contributed by atoms with van der Waals surface area (Å²) in [5.41, 5.74) is 0.0892. The molecule has 0 aliphatic rings. The fourth-order valence-corrected chi connectivity index (χ4v) is 2.53. The Balaban J connectivity index is 2.12. The lowest BCUT2D eigenvalue weighted by Crippen LogP contribution is -2.38. The van der Waals surface area contributed by atoms with Gasteiger partial charge in [0, 0.05) is 11.8 Å². The number of esters is 1. The number of rotatable bonds is 5. The van der Waals surface area contributed by atoms with Crippen molar-refractivity contribution < 1.29 is 19.4 Å². The molecule has 1 aromatic carbocycles. The molecular weight excluding hydrogens is 280 g/mol. The number of nitrogens with zero attached hydrogens (tertiary/aromatic N) is 1. The van der Waals surface area contributed by atoms with Crippen LogP contribution in [0.1, 0.15) is 6.92 Å². The zero-order valence-electron chi connectivity index (χ0n) is 11.5. The van der Waals surface area contributed by atoms with Gasteiger partial charge in [0.05, 0.1) is 25.3 Å². The van der Waals surface area contributed by atoms with E-state index in [4.69, 9.17) is 4.74 Å². The molecule has 0 aliphatic carbocycles. The minimum atomic E-state index is -1.55. The van der Waals surface area contributed by atoms with E-state index >= 15 is 0 Å².